The highest BCUT2D eigenvalue weighted by Gasteiger charge is 2.09. The minimum absolute atomic E-state index is 0.626. The van der Waals surface area contributed by atoms with Crippen LogP contribution < -0.4 is 9.47 Å². The van der Waals surface area contributed by atoms with Gasteiger partial charge in [0.25, 0.3) is 0 Å². The van der Waals surface area contributed by atoms with E-state index in [1.807, 2.05) is 32.0 Å². The molecule has 90 valence electrons. The molecule has 0 bridgehead atoms. The maximum atomic E-state index is 5.47. The maximum absolute atomic E-state index is 5.47. The smallest absolute Gasteiger partial charge is 0.214 e. The van der Waals surface area contributed by atoms with Crippen LogP contribution in [0.5, 0.6) is 11.6 Å². The Morgan fingerprint density at radius 2 is 2.00 bits per heavy atom. The number of aryl methyl sites for hydroxylation is 2. The van der Waals surface area contributed by atoms with Crippen LogP contribution in [0.15, 0.2) is 18.2 Å². The van der Waals surface area contributed by atoms with Crippen molar-refractivity contribution in [2.75, 3.05) is 13.7 Å². The summed E-state index contributed by atoms with van der Waals surface area (Å²) in [4.78, 5) is 4.53. The molecule has 0 fully saturated rings. The standard InChI is InChI=1S/C14H17NO2/c1-5-17-13-8-9(2)11-6-7-12(16-4)10(3)14(11)15-13/h6-8H,5H2,1-4H3. The van der Waals surface area contributed by atoms with Gasteiger partial charge in [0, 0.05) is 17.0 Å². The van der Waals surface area contributed by atoms with Crippen molar-refractivity contribution in [3.8, 4) is 11.6 Å². The third-order valence-electron chi connectivity index (χ3n) is 2.88. The molecular weight excluding hydrogens is 214 g/mol. The van der Waals surface area contributed by atoms with Crippen LogP contribution in [-0.2, 0) is 0 Å². The molecule has 0 saturated heterocycles. The van der Waals surface area contributed by atoms with E-state index in [9.17, 15) is 0 Å². The summed E-state index contributed by atoms with van der Waals surface area (Å²) in [5.74, 6) is 1.53. The van der Waals surface area contributed by atoms with Gasteiger partial charge >= 0.3 is 0 Å². The van der Waals surface area contributed by atoms with E-state index in [2.05, 4.69) is 11.9 Å². The minimum atomic E-state index is 0.626. The summed E-state index contributed by atoms with van der Waals surface area (Å²) in [7, 11) is 1.67. The van der Waals surface area contributed by atoms with Crippen LogP contribution in [0.1, 0.15) is 18.1 Å². The number of fused-ring (bicyclic) bond motifs is 1. The van der Waals surface area contributed by atoms with Crippen molar-refractivity contribution in [2.24, 2.45) is 0 Å². The van der Waals surface area contributed by atoms with Crippen molar-refractivity contribution < 1.29 is 9.47 Å². The van der Waals surface area contributed by atoms with Crippen LogP contribution in [0.3, 0.4) is 0 Å². The number of aromatic nitrogens is 1. The topological polar surface area (TPSA) is 31.4 Å². The number of pyridine rings is 1. The highest BCUT2D eigenvalue weighted by atomic mass is 16.5. The highest BCUT2D eigenvalue weighted by Crippen LogP contribution is 2.29. The first-order valence-electron chi connectivity index (χ1n) is 5.75. The van der Waals surface area contributed by atoms with Gasteiger partial charge < -0.3 is 9.47 Å². The van der Waals surface area contributed by atoms with Gasteiger partial charge in [-0.15, -0.1) is 0 Å². The van der Waals surface area contributed by atoms with Crippen molar-refractivity contribution >= 4 is 10.9 Å². The second kappa shape index (κ2) is 4.62. The number of nitrogens with zero attached hydrogens (tertiary/aromatic N) is 1. The van der Waals surface area contributed by atoms with Crippen LogP contribution in [0.25, 0.3) is 10.9 Å². The SMILES string of the molecule is CCOc1cc(C)c2ccc(OC)c(C)c2n1. The molecule has 0 spiro atoms. The van der Waals surface area contributed by atoms with Gasteiger partial charge in [-0.05, 0) is 38.5 Å². The van der Waals surface area contributed by atoms with E-state index < -0.39 is 0 Å². The molecule has 0 saturated carbocycles. The summed E-state index contributed by atoms with van der Waals surface area (Å²) < 4.78 is 10.8. The first kappa shape index (κ1) is 11.7. The van der Waals surface area contributed by atoms with E-state index in [0.29, 0.717) is 12.5 Å². The summed E-state index contributed by atoms with van der Waals surface area (Å²) in [6.07, 6.45) is 0. The van der Waals surface area contributed by atoms with E-state index in [1.54, 1.807) is 7.11 Å². The lowest BCUT2D eigenvalue weighted by Gasteiger charge is -2.11. The fraction of sp³-hybridized carbons (Fsp3) is 0.357. The molecule has 17 heavy (non-hydrogen) atoms. The van der Waals surface area contributed by atoms with Gasteiger partial charge in [0.2, 0.25) is 5.88 Å². The molecule has 0 radical (unpaired) electrons. The number of ether oxygens (including phenoxy) is 2. The number of rotatable bonds is 3. The first-order chi connectivity index (χ1) is 8.17. The van der Waals surface area contributed by atoms with Crippen LogP contribution in [-0.4, -0.2) is 18.7 Å². The summed E-state index contributed by atoms with van der Waals surface area (Å²) >= 11 is 0. The van der Waals surface area contributed by atoms with Crippen molar-refractivity contribution in [3.63, 3.8) is 0 Å². The van der Waals surface area contributed by atoms with Crippen LogP contribution in [0.2, 0.25) is 0 Å². The monoisotopic (exact) mass is 231 g/mol. The first-order valence-corrected chi connectivity index (χ1v) is 5.75. The van der Waals surface area contributed by atoms with Crippen LogP contribution >= 0.6 is 0 Å². The number of methoxy groups -OCH3 is 1. The number of hydrogen-bond donors (Lipinski definition) is 0. The minimum Gasteiger partial charge on any atom is -0.496 e. The molecule has 1 aromatic carbocycles. The Labute approximate surface area is 101 Å². The van der Waals surface area contributed by atoms with E-state index in [0.717, 1.165) is 22.2 Å². The quantitative estimate of drug-likeness (QED) is 0.812. The fourth-order valence-electron chi connectivity index (χ4n) is 1.99. The summed E-state index contributed by atoms with van der Waals surface area (Å²) in [6, 6.07) is 5.99. The molecule has 1 aromatic heterocycles. The van der Waals surface area contributed by atoms with E-state index >= 15 is 0 Å². The van der Waals surface area contributed by atoms with Gasteiger partial charge in [0.15, 0.2) is 0 Å². The predicted octanol–water partition coefficient (Wildman–Crippen LogP) is 3.26. The molecule has 0 aliphatic carbocycles. The van der Waals surface area contributed by atoms with E-state index in [4.69, 9.17) is 9.47 Å². The van der Waals surface area contributed by atoms with Gasteiger partial charge in [-0.25, -0.2) is 4.98 Å². The fourth-order valence-corrected chi connectivity index (χ4v) is 1.99. The second-order valence-corrected chi connectivity index (χ2v) is 4.00. The molecule has 0 aliphatic heterocycles. The van der Waals surface area contributed by atoms with Gasteiger partial charge in [-0.3, -0.25) is 0 Å². The average molecular weight is 231 g/mol. The molecule has 0 unspecified atom stereocenters. The molecule has 0 atom stereocenters. The van der Waals surface area contributed by atoms with Crippen molar-refractivity contribution in [1.82, 2.24) is 4.98 Å². The van der Waals surface area contributed by atoms with Crippen molar-refractivity contribution in [3.05, 3.63) is 29.3 Å². The molecule has 0 amide bonds. The Hall–Kier alpha value is -1.77. The Bertz CT molecular complexity index is 549. The zero-order chi connectivity index (χ0) is 12.4. The molecular formula is C14H17NO2. The van der Waals surface area contributed by atoms with Crippen molar-refractivity contribution in [2.45, 2.75) is 20.8 Å². The molecule has 0 aliphatic rings. The molecule has 3 nitrogen and oxygen atoms in total. The lowest BCUT2D eigenvalue weighted by Crippen LogP contribution is -1.97. The second-order valence-electron chi connectivity index (χ2n) is 4.00. The molecule has 2 aromatic rings. The number of benzene rings is 1. The maximum Gasteiger partial charge on any atom is 0.214 e. The summed E-state index contributed by atoms with van der Waals surface area (Å²) in [6.45, 7) is 6.67. The Balaban J connectivity index is 2.70. The highest BCUT2D eigenvalue weighted by molar-refractivity contribution is 5.87. The Morgan fingerprint density at radius 3 is 2.65 bits per heavy atom. The van der Waals surface area contributed by atoms with Crippen LogP contribution in [0.4, 0.5) is 0 Å². The zero-order valence-corrected chi connectivity index (χ0v) is 10.7. The predicted molar refractivity (Wildman–Crippen MR) is 68.9 cm³/mol. The number of hydrogen-bond acceptors (Lipinski definition) is 3. The lowest BCUT2D eigenvalue weighted by molar-refractivity contribution is 0.328. The molecule has 3 heteroatoms. The van der Waals surface area contributed by atoms with Gasteiger partial charge in [-0.1, -0.05) is 0 Å². The van der Waals surface area contributed by atoms with Crippen LogP contribution in [0, 0.1) is 13.8 Å². The Morgan fingerprint density at radius 1 is 1.24 bits per heavy atom. The largest absolute Gasteiger partial charge is 0.496 e. The normalized spacial score (nSPS) is 10.6. The summed E-state index contributed by atoms with van der Waals surface area (Å²) in [5.41, 5.74) is 3.17. The average Bonchev–Trinajstić information content (AvgIpc) is 2.31. The zero-order valence-electron chi connectivity index (χ0n) is 10.7. The lowest BCUT2D eigenvalue weighted by atomic mass is 10.1. The van der Waals surface area contributed by atoms with Gasteiger partial charge in [0.05, 0.1) is 19.2 Å². The van der Waals surface area contributed by atoms with Gasteiger partial charge in [0.1, 0.15) is 5.75 Å². The molecule has 1 heterocycles. The van der Waals surface area contributed by atoms with Gasteiger partial charge in [-0.2, -0.15) is 0 Å². The van der Waals surface area contributed by atoms with Crippen molar-refractivity contribution in [1.29, 1.82) is 0 Å². The van der Waals surface area contributed by atoms with E-state index in [1.165, 1.54) is 5.56 Å². The third kappa shape index (κ3) is 2.05. The van der Waals surface area contributed by atoms with E-state index in [-0.39, 0.29) is 0 Å². The third-order valence-corrected chi connectivity index (χ3v) is 2.88. The summed E-state index contributed by atoms with van der Waals surface area (Å²) in [5, 5.41) is 1.15. The molecule has 2 rings (SSSR count). The molecule has 0 N–H and O–H groups in total. The Kier molecular flexibility index (Phi) is 3.18.